The monoisotopic (exact) mass is 666 g/mol. The molecule has 0 saturated heterocycles. The van der Waals surface area contributed by atoms with E-state index < -0.39 is 13.4 Å². The molecule has 0 amide bonds. The van der Waals surface area contributed by atoms with Gasteiger partial charge in [0.25, 0.3) is 0 Å². The van der Waals surface area contributed by atoms with Crippen molar-refractivity contribution in [2.45, 2.75) is 32.6 Å². The molecule has 0 spiro atoms. The van der Waals surface area contributed by atoms with Crippen molar-refractivity contribution in [3.05, 3.63) is 212 Å². The van der Waals surface area contributed by atoms with Crippen LogP contribution in [-0.4, -0.2) is 12.3 Å². The van der Waals surface area contributed by atoms with Gasteiger partial charge < -0.3 is 0 Å². The van der Waals surface area contributed by atoms with Gasteiger partial charge in [0.05, 0.1) is 6.16 Å². The molecule has 0 heterocycles. The highest BCUT2D eigenvalue weighted by molar-refractivity contribution is 7.95. The van der Waals surface area contributed by atoms with Crippen LogP contribution >= 0.6 is 7.26 Å². The molecule has 248 valence electrons. The van der Waals surface area contributed by atoms with Crippen molar-refractivity contribution in [2.24, 2.45) is 0 Å². The first kappa shape index (κ1) is 34.9. The average Bonchev–Trinajstić information content (AvgIpc) is 3.21. The minimum atomic E-state index is -1.59. The summed E-state index contributed by atoms with van der Waals surface area (Å²) in [5, 5.41) is 4.51. The first-order valence-electron chi connectivity index (χ1n) is 18.2. The zero-order valence-corrected chi connectivity index (χ0v) is 30.2. The lowest BCUT2D eigenvalue weighted by Gasteiger charge is -2.44. The molecule has 50 heavy (non-hydrogen) atoms. The molecule has 0 aliphatic carbocycles. The molecular weight excluding hydrogens is 618 g/mol. The normalized spacial score (nSPS) is 11.3. The Balaban J connectivity index is 0.000000173. The fraction of sp³-hybridized carbons (Fsp3) is 0.125. The Labute approximate surface area is 301 Å². The van der Waals surface area contributed by atoms with Gasteiger partial charge in [-0.1, -0.05) is 196 Å². The Hall–Kier alpha value is -4.97. The van der Waals surface area contributed by atoms with E-state index in [1.54, 1.807) is 0 Å². The molecule has 0 aliphatic heterocycles. The van der Waals surface area contributed by atoms with E-state index in [1.165, 1.54) is 69.6 Å². The molecule has 0 saturated carbocycles. The summed E-state index contributed by atoms with van der Waals surface area (Å²) in [5.41, 5.74) is 5.36. The summed E-state index contributed by atoms with van der Waals surface area (Å²) in [4.78, 5) is 0. The molecule has 7 aromatic rings. The summed E-state index contributed by atoms with van der Waals surface area (Å²) >= 11 is 0. The second-order valence-corrected chi connectivity index (χ2v) is 16.7. The Morgan fingerprint density at radius 3 is 0.840 bits per heavy atom. The smallest absolute Gasteiger partial charge is 0.112 e. The predicted molar refractivity (Wildman–Crippen MR) is 224 cm³/mol. The van der Waals surface area contributed by atoms with Gasteiger partial charge in [-0.3, -0.25) is 0 Å². The number of unbranched alkanes of at least 4 members (excludes halogenated alkanes) is 3. The Kier molecular flexibility index (Phi) is 12.3. The Morgan fingerprint density at radius 1 is 0.320 bits per heavy atom. The molecule has 0 radical (unpaired) electrons. The van der Waals surface area contributed by atoms with Gasteiger partial charge in [-0.25, -0.2) is 0 Å². The third-order valence-corrected chi connectivity index (χ3v) is 14.7. The quantitative estimate of drug-likeness (QED) is 0.0696. The van der Waals surface area contributed by atoms with Gasteiger partial charge in [0.2, 0.25) is 0 Å². The number of hydrogen-bond donors (Lipinski definition) is 0. The van der Waals surface area contributed by atoms with E-state index in [4.69, 9.17) is 0 Å². The lowest BCUT2D eigenvalue weighted by atomic mass is 9.13. The van der Waals surface area contributed by atoms with Crippen LogP contribution in [0.25, 0.3) is 0 Å². The number of benzene rings is 7. The van der Waals surface area contributed by atoms with Crippen molar-refractivity contribution in [1.82, 2.24) is 0 Å². The van der Waals surface area contributed by atoms with Crippen molar-refractivity contribution in [1.29, 1.82) is 0 Å². The van der Waals surface area contributed by atoms with Crippen molar-refractivity contribution in [3.63, 3.8) is 0 Å². The molecule has 0 bridgehead atoms. The summed E-state index contributed by atoms with van der Waals surface area (Å²) in [6.07, 6.45) is 5.27. The van der Waals surface area contributed by atoms with Crippen LogP contribution in [0.2, 0.25) is 0 Å². The van der Waals surface area contributed by atoms with E-state index in [2.05, 4.69) is 219 Å². The Morgan fingerprint density at radius 2 is 0.580 bits per heavy atom. The van der Waals surface area contributed by atoms with Gasteiger partial charge in [-0.05, 0) is 49.2 Å². The fourth-order valence-corrected chi connectivity index (χ4v) is 12.2. The standard InChI is InChI=1S/C24H20B.C24H28P/c1-5-13-21(14-6-1)25(22-15-7-2-8-16-22,23-17-9-3-10-18-23)24-19-11-4-12-20-24;1-2-3-4-14-21-25(22-15-8-5-9-16-22,23-17-10-6-11-18-23)24-19-12-7-13-20-24/h1-20H;5-13,15-20H,2-4,14,21H2,1H3/q-1;+1. The molecule has 2 heteroatoms. The minimum absolute atomic E-state index is 1.22. The summed E-state index contributed by atoms with van der Waals surface area (Å²) < 4.78 is 0. The lowest BCUT2D eigenvalue weighted by Crippen LogP contribution is -2.74. The van der Waals surface area contributed by atoms with E-state index in [9.17, 15) is 0 Å². The van der Waals surface area contributed by atoms with E-state index in [1.807, 2.05) is 0 Å². The highest BCUT2D eigenvalue weighted by atomic mass is 31.2. The summed E-state index contributed by atoms with van der Waals surface area (Å²) in [6.45, 7) is 2.29. The van der Waals surface area contributed by atoms with Gasteiger partial charge in [0.1, 0.15) is 29.3 Å². The SMILES string of the molecule is CCCCCC[P+](c1ccccc1)(c1ccccc1)c1ccccc1.c1ccc([B-](c2ccccc2)(c2ccccc2)c2ccccc2)cc1. The highest BCUT2D eigenvalue weighted by Crippen LogP contribution is 2.56. The number of rotatable bonds is 12. The molecule has 7 aromatic carbocycles. The zero-order chi connectivity index (χ0) is 34.3. The molecule has 0 N–H and O–H groups in total. The molecule has 0 unspecified atom stereocenters. The van der Waals surface area contributed by atoms with Gasteiger partial charge in [0, 0.05) is 0 Å². The van der Waals surface area contributed by atoms with Crippen molar-refractivity contribution in [2.75, 3.05) is 6.16 Å². The molecular formula is C48H48BP. The highest BCUT2D eigenvalue weighted by Gasteiger charge is 2.44. The maximum atomic E-state index is 2.34. The molecule has 0 nitrogen and oxygen atoms in total. The van der Waals surface area contributed by atoms with Gasteiger partial charge in [0.15, 0.2) is 0 Å². The minimum Gasteiger partial charge on any atom is -0.195 e. The molecule has 7 rings (SSSR count). The first-order valence-corrected chi connectivity index (χ1v) is 20.2. The summed E-state index contributed by atoms with van der Waals surface area (Å²) in [7, 11) is -1.59. The lowest BCUT2D eigenvalue weighted by molar-refractivity contribution is 0.705. The van der Waals surface area contributed by atoms with Crippen LogP contribution in [0, 0.1) is 0 Å². The van der Waals surface area contributed by atoms with Crippen molar-refractivity contribution in [3.8, 4) is 0 Å². The maximum Gasteiger partial charge on any atom is 0.112 e. The first-order chi connectivity index (χ1) is 24.8. The van der Waals surface area contributed by atoms with Gasteiger partial charge in [-0.2, -0.15) is 21.9 Å². The second-order valence-electron chi connectivity index (χ2n) is 13.1. The third-order valence-electron chi connectivity index (χ3n) is 10.1. The molecule has 0 atom stereocenters. The summed E-state index contributed by atoms with van der Waals surface area (Å²) in [6, 6.07) is 77.1. The predicted octanol–water partition coefficient (Wildman–Crippen LogP) is 8.62. The molecule has 0 aromatic heterocycles. The zero-order valence-electron chi connectivity index (χ0n) is 29.3. The second kappa shape index (κ2) is 17.6. The fourth-order valence-electron chi connectivity index (χ4n) is 7.78. The van der Waals surface area contributed by atoms with Gasteiger partial charge >= 0.3 is 0 Å². The third kappa shape index (κ3) is 7.60. The van der Waals surface area contributed by atoms with Crippen LogP contribution in [0.1, 0.15) is 32.6 Å². The van der Waals surface area contributed by atoms with Crippen molar-refractivity contribution < 1.29 is 0 Å². The number of hydrogen-bond acceptors (Lipinski definition) is 0. The van der Waals surface area contributed by atoms with E-state index in [0.717, 1.165) is 0 Å². The van der Waals surface area contributed by atoms with Crippen LogP contribution in [0.15, 0.2) is 212 Å². The van der Waals surface area contributed by atoms with E-state index in [0.29, 0.717) is 0 Å². The topological polar surface area (TPSA) is 0 Å². The summed E-state index contributed by atoms with van der Waals surface area (Å²) in [5.74, 6) is 0. The average molecular weight is 667 g/mol. The molecule has 0 fully saturated rings. The molecule has 0 aliphatic rings. The maximum absolute atomic E-state index is 2.34. The largest absolute Gasteiger partial charge is 0.195 e. The van der Waals surface area contributed by atoms with Gasteiger partial charge in [-0.15, -0.1) is 0 Å². The van der Waals surface area contributed by atoms with E-state index >= 15 is 0 Å². The van der Waals surface area contributed by atoms with Crippen molar-refractivity contribution >= 4 is 51.2 Å². The van der Waals surface area contributed by atoms with Crippen LogP contribution in [0.4, 0.5) is 0 Å². The van der Waals surface area contributed by atoms with Crippen LogP contribution < -0.4 is 37.8 Å². The van der Waals surface area contributed by atoms with Crippen LogP contribution in [0.5, 0.6) is 0 Å². The van der Waals surface area contributed by atoms with Crippen LogP contribution in [0.3, 0.4) is 0 Å². The van der Waals surface area contributed by atoms with E-state index in [-0.39, 0.29) is 0 Å². The Bertz CT molecular complexity index is 1690. The van der Waals surface area contributed by atoms with Crippen LogP contribution in [-0.2, 0) is 0 Å².